The van der Waals surface area contributed by atoms with Crippen molar-refractivity contribution in [2.75, 3.05) is 13.1 Å². The predicted molar refractivity (Wildman–Crippen MR) is 110 cm³/mol. The highest BCUT2D eigenvalue weighted by Gasteiger charge is 2.65. The van der Waals surface area contributed by atoms with Crippen LogP contribution in [0.2, 0.25) is 0 Å². The highest BCUT2D eigenvalue weighted by molar-refractivity contribution is 5.96. The van der Waals surface area contributed by atoms with Gasteiger partial charge in [-0.25, -0.2) is 0 Å². The normalized spacial score (nSPS) is 33.8. The van der Waals surface area contributed by atoms with E-state index in [1.165, 1.54) is 19.3 Å². The maximum atomic E-state index is 12.5. The molecule has 29 heavy (non-hydrogen) atoms. The lowest BCUT2D eigenvalue weighted by Crippen LogP contribution is -2.73. The summed E-state index contributed by atoms with van der Waals surface area (Å²) in [6.45, 7) is 1.80. The first-order chi connectivity index (χ1) is 13.4. The summed E-state index contributed by atoms with van der Waals surface area (Å²) in [5.41, 5.74) is 5.18. The summed E-state index contributed by atoms with van der Waals surface area (Å²) in [6, 6.07) is 3.38. The number of fused-ring (bicyclic) bond motifs is 1. The highest BCUT2D eigenvalue weighted by atomic mass is 16.3. The van der Waals surface area contributed by atoms with Crippen LogP contribution < -0.4 is 5.73 Å². The summed E-state index contributed by atoms with van der Waals surface area (Å²) >= 11 is 0. The Morgan fingerprint density at radius 3 is 2.69 bits per heavy atom. The molecule has 5 rings (SSSR count). The van der Waals surface area contributed by atoms with Crippen molar-refractivity contribution in [2.45, 2.75) is 75.9 Å². The van der Waals surface area contributed by atoms with E-state index in [2.05, 4.69) is 4.90 Å². The molecule has 3 unspecified atom stereocenters. The Labute approximate surface area is 172 Å². The maximum Gasteiger partial charge on any atom is 0.252 e. The first kappa shape index (κ1) is 20.4. The van der Waals surface area contributed by atoms with Crippen LogP contribution in [0.4, 0.5) is 0 Å². The molecule has 0 spiro atoms. The van der Waals surface area contributed by atoms with E-state index in [-0.39, 0.29) is 37.0 Å². The van der Waals surface area contributed by atoms with E-state index in [0.29, 0.717) is 37.2 Å². The molecule has 158 valence electrons. The van der Waals surface area contributed by atoms with E-state index in [1.54, 1.807) is 6.07 Å². The summed E-state index contributed by atoms with van der Waals surface area (Å²) < 4.78 is 0. The van der Waals surface area contributed by atoms with Crippen LogP contribution in [0.25, 0.3) is 0 Å². The van der Waals surface area contributed by atoms with E-state index < -0.39 is 16.9 Å². The molecular formula is C23H32N2O4. The van der Waals surface area contributed by atoms with Crippen molar-refractivity contribution >= 4 is 11.7 Å². The lowest BCUT2D eigenvalue weighted by molar-refractivity contribution is -0.175. The number of Topliss-reactive ketones (excluding diaryl/α,β-unsaturated/α-hetero) is 1. The lowest BCUT2D eigenvalue weighted by atomic mass is 9.49. The number of nitrogens with two attached hydrogens (primary N) is 1. The number of hydrogen-bond donors (Lipinski definition) is 3. The van der Waals surface area contributed by atoms with Crippen molar-refractivity contribution in [3.63, 3.8) is 0 Å². The number of benzene rings is 1. The molecule has 4 aliphatic rings. The third kappa shape index (κ3) is 2.68. The molecule has 1 heterocycles. The summed E-state index contributed by atoms with van der Waals surface area (Å²) in [7, 11) is 0. The molecule has 1 aliphatic heterocycles. The molecule has 3 fully saturated rings. The van der Waals surface area contributed by atoms with Crippen molar-refractivity contribution in [3.05, 3.63) is 28.8 Å². The molecule has 2 bridgehead atoms. The molecule has 1 aromatic carbocycles. The van der Waals surface area contributed by atoms with Gasteiger partial charge in [0.2, 0.25) is 0 Å². The average Bonchev–Trinajstić information content (AvgIpc) is 2.59. The minimum Gasteiger partial charge on any atom is -0.507 e. The summed E-state index contributed by atoms with van der Waals surface area (Å²) in [6.07, 6.45) is 6.05. The Hall–Kier alpha value is -1.92. The number of carbonyl (C=O) groups is 2. The van der Waals surface area contributed by atoms with Crippen molar-refractivity contribution in [1.82, 2.24) is 4.90 Å². The van der Waals surface area contributed by atoms with E-state index in [1.807, 2.05) is 6.07 Å². The smallest absolute Gasteiger partial charge is 0.252 e. The minimum atomic E-state index is -1.07. The topological polar surface area (TPSA) is 104 Å². The van der Waals surface area contributed by atoms with Gasteiger partial charge in [0.05, 0.1) is 11.2 Å². The summed E-state index contributed by atoms with van der Waals surface area (Å²) in [5, 5.41) is 23.0. The van der Waals surface area contributed by atoms with Crippen LogP contribution >= 0.6 is 0 Å². The van der Waals surface area contributed by atoms with E-state index >= 15 is 0 Å². The predicted octanol–water partition coefficient (Wildman–Crippen LogP) is 2.28. The fourth-order valence-electron chi connectivity index (χ4n) is 6.43. The van der Waals surface area contributed by atoms with Gasteiger partial charge < -0.3 is 15.9 Å². The molecule has 0 radical (unpaired) electrons. The Balaban J connectivity index is 0.00000205. The Bertz CT molecular complexity index is 865. The van der Waals surface area contributed by atoms with Gasteiger partial charge in [-0.1, -0.05) is 19.9 Å². The van der Waals surface area contributed by atoms with Gasteiger partial charge in [0.25, 0.3) is 5.91 Å². The molecule has 3 aliphatic carbocycles. The molecule has 2 saturated carbocycles. The van der Waals surface area contributed by atoms with Gasteiger partial charge in [-0.05, 0) is 56.2 Å². The molecule has 6 heteroatoms. The van der Waals surface area contributed by atoms with Crippen LogP contribution in [0.15, 0.2) is 12.1 Å². The van der Waals surface area contributed by atoms with Crippen LogP contribution in [0.1, 0.15) is 73.9 Å². The third-order valence-electron chi connectivity index (χ3n) is 8.07. The number of aliphatic hydroxyl groups is 1. The summed E-state index contributed by atoms with van der Waals surface area (Å²) in [4.78, 5) is 26.8. The molecule has 6 nitrogen and oxygen atoms in total. The molecule has 0 aromatic heterocycles. The number of carbonyl (C=O) groups excluding carboxylic acids is 2. The fraction of sp³-hybridized carbons (Fsp3) is 0.652. The van der Waals surface area contributed by atoms with Crippen molar-refractivity contribution in [2.24, 2.45) is 11.7 Å². The molecule has 1 aromatic rings. The van der Waals surface area contributed by atoms with Gasteiger partial charge in [-0.2, -0.15) is 0 Å². The van der Waals surface area contributed by atoms with Gasteiger partial charge in [0.15, 0.2) is 0 Å². The largest absolute Gasteiger partial charge is 0.507 e. The van der Waals surface area contributed by atoms with E-state index in [4.69, 9.17) is 5.73 Å². The second kappa shape index (κ2) is 6.81. The van der Waals surface area contributed by atoms with Crippen LogP contribution in [0, 0.1) is 5.92 Å². The van der Waals surface area contributed by atoms with E-state index in [0.717, 1.165) is 18.7 Å². The molecule has 4 N–H and O–H groups in total. The second-order valence-electron chi connectivity index (χ2n) is 9.34. The number of amides is 1. The van der Waals surface area contributed by atoms with Gasteiger partial charge in [-0.3, -0.25) is 14.5 Å². The van der Waals surface area contributed by atoms with Crippen LogP contribution in [-0.4, -0.2) is 51.5 Å². The van der Waals surface area contributed by atoms with Crippen LogP contribution in [-0.2, 0) is 16.6 Å². The van der Waals surface area contributed by atoms with Crippen molar-refractivity contribution in [1.29, 1.82) is 0 Å². The first-order valence-corrected chi connectivity index (χ1v) is 10.5. The second-order valence-corrected chi connectivity index (χ2v) is 9.34. The number of primary amides is 1. The zero-order valence-electron chi connectivity index (χ0n) is 16.1. The minimum absolute atomic E-state index is 0. The number of likely N-dealkylation sites (tertiary alicyclic amines) is 1. The van der Waals surface area contributed by atoms with Crippen molar-refractivity contribution < 1.29 is 19.8 Å². The lowest BCUT2D eigenvalue weighted by Gasteiger charge is -2.63. The van der Waals surface area contributed by atoms with E-state index in [9.17, 15) is 19.8 Å². The summed E-state index contributed by atoms with van der Waals surface area (Å²) in [5.74, 6) is -0.00288. The van der Waals surface area contributed by atoms with Crippen molar-refractivity contribution in [3.8, 4) is 5.75 Å². The molecular weight excluding hydrogens is 368 g/mol. The number of aromatic hydroxyl groups is 1. The SMILES string of the molecule is C.NC(=O)c1ccc2c(c1O)C13CCN(CC4CCC4)C(C2)C1(O)CCC(=O)C3. The van der Waals surface area contributed by atoms with Gasteiger partial charge in [-0.15, -0.1) is 0 Å². The number of phenols is 1. The zero-order chi connectivity index (χ0) is 19.7. The quantitative estimate of drug-likeness (QED) is 0.722. The fourth-order valence-corrected chi connectivity index (χ4v) is 6.43. The average molecular weight is 401 g/mol. The number of rotatable bonds is 3. The number of piperidine rings is 1. The Morgan fingerprint density at radius 2 is 2.03 bits per heavy atom. The highest BCUT2D eigenvalue weighted by Crippen LogP contribution is 2.59. The molecule has 1 amide bonds. The van der Waals surface area contributed by atoms with Crippen LogP contribution in [0.3, 0.4) is 0 Å². The van der Waals surface area contributed by atoms with Gasteiger partial charge >= 0.3 is 0 Å². The van der Waals surface area contributed by atoms with Crippen LogP contribution in [0.5, 0.6) is 5.75 Å². The Kier molecular flexibility index (Phi) is 4.78. The number of ketones is 1. The number of nitrogens with zero attached hydrogens (tertiary/aromatic N) is 1. The maximum absolute atomic E-state index is 12.5. The van der Waals surface area contributed by atoms with Gasteiger partial charge in [0, 0.05) is 36.4 Å². The standard InChI is InChI=1S/C22H28N2O4.CH4/c23-20(27)16-5-4-14-10-17-22(28)7-6-15(25)11-21(22,18(14)19(16)26)8-9-24(17)12-13-2-1-3-13;/h4-5,13,17,26,28H,1-3,6-12H2,(H2,23,27);1H4. The zero-order valence-corrected chi connectivity index (χ0v) is 16.1. The monoisotopic (exact) mass is 400 g/mol. The van der Waals surface area contributed by atoms with Gasteiger partial charge in [0.1, 0.15) is 11.5 Å². The molecule has 3 atom stereocenters. The Morgan fingerprint density at radius 1 is 1.28 bits per heavy atom. The number of hydrogen-bond acceptors (Lipinski definition) is 5. The first-order valence-electron chi connectivity index (χ1n) is 10.5. The third-order valence-corrected chi connectivity index (χ3v) is 8.07. The molecule has 1 saturated heterocycles.